The third-order valence-corrected chi connectivity index (χ3v) is 3.71. The molecule has 1 N–H and O–H groups in total. The van der Waals surface area contributed by atoms with Crippen molar-refractivity contribution in [1.82, 2.24) is 4.31 Å². The van der Waals surface area contributed by atoms with Gasteiger partial charge >= 0.3 is 0 Å². The fourth-order valence-electron chi connectivity index (χ4n) is 0.979. The molecule has 1 heterocycles. The summed E-state index contributed by atoms with van der Waals surface area (Å²) in [6.07, 6.45) is 0. The Morgan fingerprint density at radius 3 is 2.36 bits per heavy atom. The highest BCUT2D eigenvalue weighted by Gasteiger charge is 2.42. The summed E-state index contributed by atoms with van der Waals surface area (Å²) in [5.41, 5.74) is -0.862. The van der Waals surface area contributed by atoms with E-state index in [-0.39, 0.29) is 13.1 Å². The first kappa shape index (κ1) is 9.25. The van der Waals surface area contributed by atoms with Crippen LogP contribution < -0.4 is 0 Å². The number of β-amino-alcohol motifs (C(OH)–C–C–N with tert-alkyl or cyclic N) is 1. The maximum atomic E-state index is 11.0. The average Bonchev–Trinajstić information content (AvgIpc) is 1.83. The monoisotopic (exact) mass is 199 g/mol. The Kier molecular flexibility index (Phi) is 2.17. The lowest BCUT2D eigenvalue weighted by Crippen LogP contribution is -2.61. The Balaban J connectivity index is 2.58. The van der Waals surface area contributed by atoms with Crippen LogP contribution in [0.25, 0.3) is 0 Å². The van der Waals surface area contributed by atoms with Gasteiger partial charge in [0, 0.05) is 13.1 Å². The van der Waals surface area contributed by atoms with Gasteiger partial charge < -0.3 is 5.11 Å². The molecule has 0 radical (unpaired) electrons. The minimum absolute atomic E-state index is 0.155. The standard InChI is InChI=1S/C5H10ClNO3S/c1-5(8)2-7(3-5)11(9,10)4-6/h8H,2-4H2,1H3. The summed E-state index contributed by atoms with van der Waals surface area (Å²) in [5, 5.41) is 8.78. The van der Waals surface area contributed by atoms with Crippen LogP contribution in [0.1, 0.15) is 6.92 Å². The lowest BCUT2D eigenvalue weighted by atomic mass is 10.0. The van der Waals surface area contributed by atoms with Crippen molar-refractivity contribution in [2.45, 2.75) is 12.5 Å². The minimum atomic E-state index is -3.29. The van der Waals surface area contributed by atoms with Gasteiger partial charge in [0.2, 0.25) is 10.0 Å². The molecular weight excluding hydrogens is 190 g/mol. The highest BCUT2D eigenvalue weighted by molar-refractivity contribution is 7.90. The Hall–Kier alpha value is 0.160. The van der Waals surface area contributed by atoms with E-state index in [9.17, 15) is 13.5 Å². The van der Waals surface area contributed by atoms with Gasteiger partial charge in [0.05, 0.1) is 5.60 Å². The fraction of sp³-hybridized carbons (Fsp3) is 1.00. The summed E-state index contributed by atoms with van der Waals surface area (Å²) in [4.78, 5) is 0. The van der Waals surface area contributed by atoms with Crippen LogP contribution in [-0.2, 0) is 10.0 Å². The zero-order valence-corrected chi connectivity index (χ0v) is 7.69. The molecule has 66 valence electrons. The number of aliphatic hydroxyl groups is 1. The summed E-state index contributed by atoms with van der Waals surface area (Å²) in [5.74, 6) is 0. The van der Waals surface area contributed by atoms with Crippen molar-refractivity contribution in [3.63, 3.8) is 0 Å². The predicted octanol–water partition coefficient (Wildman–Crippen LogP) is -0.421. The summed E-state index contributed by atoms with van der Waals surface area (Å²) in [6, 6.07) is 0. The Bertz CT molecular complexity index is 240. The predicted molar refractivity (Wildman–Crippen MR) is 41.8 cm³/mol. The molecule has 0 unspecified atom stereocenters. The van der Waals surface area contributed by atoms with Gasteiger partial charge in [-0.1, -0.05) is 0 Å². The molecule has 0 bridgehead atoms. The molecule has 1 rings (SSSR count). The lowest BCUT2D eigenvalue weighted by molar-refractivity contribution is -0.0424. The van der Waals surface area contributed by atoms with Crippen LogP contribution in [0, 0.1) is 0 Å². The first-order valence-corrected chi connectivity index (χ1v) is 5.28. The number of hydrogen-bond acceptors (Lipinski definition) is 3. The summed E-state index contributed by atoms with van der Waals surface area (Å²) < 4.78 is 23.1. The minimum Gasteiger partial charge on any atom is -0.387 e. The van der Waals surface area contributed by atoms with Crippen LogP contribution in [0.3, 0.4) is 0 Å². The van der Waals surface area contributed by atoms with Crippen LogP contribution in [0.15, 0.2) is 0 Å². The topological polar surface area (TPSA) is 57.6 Å². The van der Waals surface area contributed by atoms with Crippen LogP contribution in [0.2, 0.25) is 0 Å². The second-order valence-corrected chi connectivity index (χ2v) is 5.54. The number of hydrogen-bond donors (Lipinski definition) is 1. The van der Waals surface area contributed by atoms with E-state index < -0.39 is 20.8 Å². The molecule has 1 aliphatic rings. The lowest BCUT2D eigenvalue weighted by Gasteiger charge is -2.42. The average molecular weight is 200 g/mol. The molecule has 0 atom stereocenters. The second-order valence-electron chi connectivity index (χ2n) is 2.99. The van der Waals surface area contributed by atoms with Gasteiger partial charge in [0.25, 0.3) is 0 Å². The van der Waals surface area contributed by atoms with E-state index in [0.29, 0.717) is 0 Å². The van der Waals surface area contributed by atoms with E-state index in [1.165, 1.54) is 4.31 Å². The van der Waals surface area contributed by atoms with E-state index in [4.69, 9.17) is 11.6 Å². The SMILES string of the molecule is CC1(O)CN(S(=O)(=O)CCl)C1. The van der Waals surface area contributed by atoms with Crippen molar-refractivity contribution in [1.29, 1.82) is 0 Å². The molecule has 6 heteroatoms. The Labute approximate surface area is 70.8 Å². The number of halogens is 1. The normalized spacial score (nSPS) is 24.6. The third-order valence-electron chi connectivity index (χ3n) is 1.57. The molecule has 1 saturated heterocycles. The van der Waals surface area contributed by atoms with E-state index >= 15 is 0 Å². The molecule has 0 aliphatic carbocycles. The number of sulfonamides is 1. The molecule has 0 amide bonds. The van der Waals surface area contributed by atoms with Crippen molar-refractivity contribution in [2.24, 2.45) is 0 Å². The quantitative estimate of drug-likeness (QED) is 0.615. The molecule has 1 aliphatic heterocycles. The molecule has 0 aromatic carbocycles. The summed E-state index contributed by atoms with van der Waals surface area (Å²) in [7, 11) is -3.29. The highest BCUT2D eigenvalue weighted by Crippen LogP contribution is 2.23. The second kappa shape index (κ2) is 2.58. The molecule has 0 spiro atoms. The van der Waals surface area contributed by atoms with Crippen molar-refractivity contribution < 1.29 is 13.5 Å². The van der Waals surface area contributed by atoms with Crippen molar-refractivity contribution in [2.75, 3.05) is 18.3 Å². The summed E-state index contributed by atoms with van der Waals surface area (Å²) >= 11 is 5.18. The first-order chi connectivity index (χ1) is 4.87. The number of alkyl halides is 1. The molecule has 1 fully saturated rings. The Morgan fingerprint density at radius 2 is 2.09 bits per heavy atom. The van der Waals surface area contributed by atoms with Gasteiger partial charge in [-0.25, -0.2) is 8.42 Å². The van der Waals surface area contributed by atoms with Crippen LogP contribution in [0.5, 0.6) is 0 Å². The zero-order valence-electron chi connectivity index (χ0n) is 6.12. The van der Waals surface area contributed by atoms with E-state index in [0.717, 1.165) is 0 Å². The van der Waals surface area contributed by atoms with Crippen LogP contribution >= 0.6 is 11.6 Å². The molecule has 0 aromatic heterocycles. The molecule has 0 aromatic rings. The van der Waals surface area contributed by atoms with Crippen molar-refractivity contribution in [3.05, 3.63) is 0 Å². The highest BCUT2D eigenvalue weighted by atomic mass is 35.5. The first-order valence-electron chi connectivity index (χ1n) is 3.14. The van der Waals surface area contributed by atoms with Crippen molar-refractivity contribution in [3.8, 4) is 0 Å². The smallest absolute Gasteiger partial charge is 0.228 e. The van der Waals surface area contributed by atoms with Gasteiger partial charge in [-0.2, -0.15) is 4.31 Å². The zero-order chi connectivity index (χ0) is 8.70. The number of rotatable bonds is 2. The molecule has 0 saturated carbocycles. The van der Waals surface area contributed by atoms with Gasteiger partial charge in [-0.15, -0.1) is 11.6 Å². The van der Waals surface area contributed by atoms with E-state index in [2.05, 4.69) is 0 Å². The van der Waals surface area contributed by atoms with Crippen LogP contribution in [0.4, 0.5) is 0 Å². The van der Waals surface area contributed by atoms with Gasteiger partial charge in [0.15, 0.2) is 0 Å². The fourth-order valence-corrected chi connectivity index (χ4v) is 2.48. The van der Waals surface area contributed by atoms with Gasteiger partial charge in [-0.05, 0) is 6.92 Å². The largest absolute Gasteiger partial charge is 0.387 e. The third kappa shape index (κ3) is 1.84. The maximum absolute atomic E-state index is 11.0. The van der Waals surface area contributed by atoms with E-state index in [1.54, 1.807) is 6.92 Å². The van der Waals surface area contributed by atoms with Gasteiger partial charge in [0.1, 0.15) is 5.21 Å². The molecule has 11 heavy (non-hydrogen) atoms. The summed E-state index contributed by atoms with van der Waals surface area (Å²) in [6.45, 7) is 1.90. The maximum Gasteiger partial charge on any atom is 0.228 e. The van der Waals surface area contributed by atoms with Crippen LogP contribution in [-0.4, -0.2) is 41.7 Å². The molecular formula is C5H10ClNO3S. The Morgan fingerprint density at radius 1 is 1.64 bits per heavy atom. The van der Waals surface area contributed by atoms with Gasteiger partial charge in [-0.3, -0.25) is 0 Å². The van der Waals surface area contributed by atoms with Crippen molar-refractivity contribution >= 4 is 21.6 Å². The number of nitrogens with zero attached hydrogens (tertiary/aromatic N) is 1. The van der Waals surface area contributed by atoms with E-state index in [1.807, 2.05) is 0 Å². The molecule has 4 nitrogen and oxygen atoms in total.